The fourth-order valence-electron chi connectivity index (χ4n) is 3.38. The molecule has 0 unspecified atom stereocenters. The van der Waals surface area contributed by atoms with Crippen LogP contribution in [-0.4, -0.2) is 71.0 Å². The number of unbranched alkanes of at least 4 members (excludes halogenated alkanes) is 16. The molecule has 0 aliphatic carbocycles. The fraction of sp³-hybridized carbons (Fsp3) is 0.880. The van der Waals surface area contributed by atoms with Gasteiger partial charge in [0.05, 0.1) is 0 Å². The second-order valence-corrected chi connectivity index (χ2v) is 8.44. The average Bonchev–Trinajstić information content (AvgIpc) is 2.70. The summed E-state index contributed by atoms with van der Waals surface area (Å²) in [5.74, 6) is -2.29. The Labute approximate surface area is 228 Å². The molecular weight excluding hydrogens is 436 g/mol. The van der Waals surface area contributed by atoms with Crippen LogP contribution in [-0.2, 0) is 14.4 Å². The predicted molar refractivity (Wildman–Crippen MR) is 134 cm³/mol. The van der Waals surface area contributed by atoms with E-state index in [1.165, 1.54) is 83.5 Å². The van der Waals surface area contributed by atoms with Gasteiger partial charge in [0.15, 0.2) is 0 Å². The number of carbonyl (C=O) groups is 3. The minimum absolute atomic E-state index is 0. The van der Waals surface area contributed by atoms with Crippen molar-refractivity contribution >= 4 is 55.6 Å². The van der Waals surface area contributed by atoms with E-state index in [0.717, 1.165) is 12.8 Å². The first-order chi connectivity index (χ1) is 14.9. The van der Waals surface area contributed by atoms with Crippen molar-refractivity contribution in [2.24, 2.45) is 0 Å². The van der Waals surface area contributed by atoms with Gasteiger partial charge in [-0.3, -0.25) is 14.4 Å². The average molecular weight is 487 g/mol. The van der Waals surface area contributed by atoms with Crippen LogP contribution < -0.4 is 0 Å². The quantitative estimate of drug-likeness (QED) is 0.109. The topological polar surface area (TPSA) is 112 Å². The standard InChI is InChI=1S/C18H36O2.C7H12O4.Ca.2H/c1-2-3-4-5-6-7-8-9-10-11-12-13-14-15-16-17-18(19)20;8-6(9)4-2-1-3-5-7(10)11;;;/h2-17H2,1H3,(H,19,20);1-5H2,(H,8,9)(H,10,11);;;/q;;+2;2*-1. The van der Waals surface area contributed by atoms with Crippen LogP contribution in [0.15, 0.2) is 0 Å². The molecule has 32 heavy (non-hydrogen) atoms. The van der Waals surface area contributed by atoms with Gasteiger partial charge in [-0.2, -0.15) is 0 Å². The van der Waals surface area contributed by atoms with Gasteiger partial charge in [-0.1, -0.05) is 103 Å². The number of rotatable bonds is 22. The summed E-state index contributed by atoms with van der Waals surface area (Å²) in [6.45, 7) is 2.27. The van der Waals surface area contributed by atoms with E-state index >= 15 is 0 Å². The molecule has 188 valence electrons. The molecule has 0 aromatic rings. The predicted octanol–water partition coefficient (Wildman–Crippen LogP) is 7.28. The van der Waals surface area contributed by atoms with Crippen molar-refractivity contribution < 1.29 is 32.6 Å². The maximum Gasteiger partial charge on any atom is 2.00 e. The zero-order valence-corrected chi connectivity index (χ0v) is 22.8. The van der Waals surface area contributed by atoms with E-state index < -0.39 is 17.9 Å². The normalized spacial score (nSPS) is 10.0. The van der Waals surface area contributed by atoms with Crippen LogP contribution >= 0.6 is 0 Å². The number of hydrogen-bond acceptors (Lipinski definition) is 3. The minimum atomic E-state index is -0.819. The Morgan fingerprint density at radius 1 is 0.438 bits per heavy atom. The number of aliphatic carboxylic acids is 3. The zero-order chi connectivity index (χ0) is 23.6. The molecule has 0 amide bonds. The largest absolute Gasteiger partial charge is 2.00 e. The van der Waals surface area contributed by atoms with Crippen LogP contribution in [0.25, 0.3) is 0 Å². The van der Waals surface area contributed by atoms with E-state index in [1.54, 1.807) is 0 Å². The van der Waals surface area contributed by atoms with Gasteiger partial charge in [0.25, 0.3) is 0 Å². The third-order valence-electron chi connectivity index (χ3n) is 5.28. The molecule has 6 nitrogen and oxygen atoms in total. The SMILES string of the molecule is CCCCCCCCCCCCCCCCCC(=O)O.O=C(O)CCCCCC(=O)O.[Ca+2].[H-].[H-]. The summed E-state index contributed by atoms with van der Waals surface area (Å²) in [7, 11) is 0. The van der Waals surface area contributed by atoms with E-state index in [2.05, 4.69) is 6.92 Å². The summed E-state index contributed by atoms with van der Waals surface area (Å²) in [5, 5.41) is 24.9. The van der Waals surface area contributed by atoms with Gasteiger partial charge in [-0.25, -0.2) is 0 Å². The first-order valence-electron chi connectivity index (χ1n) is 12.6. The first-order valence-corrected chi connectivity index (χ1v) is 12.6. The molecule has 0 spiro atoms. The van der Waals surface area contributed by atoms with Crippen molar-refractivity contribution in [3.63, 3.8) is 0 Å². The van der Waals surface area contributed by atoms with Crippen molar-refractivity contribution in [3.8, 4) is 0 Å². The summed E-state index contributed by atoms with van der Waals surface area (Å²) < 4.78 is 0. The van der Waals surface area contributed by atoms with E-state index in [9.17, 15) is 14.4 Å². The van der Waals surface area contributed by atoms with Crippen LogP contribution in [0.4, 0.5) is 0 Å². The Kier molecular flexibility index (Phi) is 34.7. The summed E-state index contributed by atoms with van der Waals surface area (Å²) >= 11 is 0. The van der Waals surface area contributed by atoms with Crippen molar-refractivity contribution in [2.75, 3.05) is 0 Å². The Balaban J connectivity index is -0.000000173. The van der Waals surface area contributed by atoms with Crippen LogP contribution in [0.2, 0.25) is 0 Å². The van der Waals surface area contributed by atoms with Gasteiger partial charge in [0.1, 0.15) is 0 Å². The van der Waals surface area contributed by atoms with Gasteiger partial charge in [-0.15, -0.1) is 0 Å². The maximum atomic E-state index is 10.3. The molecule has 0 aromatic heterocycles. The summed E-state index contributed by atoms with van der Waals surface area (Å²) in [6.07, 6.45) is 22.3. The van der Waals surface area contributed by atoms with Crippen molar-refractivity contribution in [1.82, 2.24) is 0 Å². The molecule has 0 saturated carbocycles. The van der Waals surface area contributed by atoms with E-state index in [1.807, 2.05) is 0 Å². The third kappa shape index (κ3) is 40.1. The summed E-state index contributed by atoms with van der Waals surface area (Å²) in [5.41, 5.74) is 0. The smallest absolute Gasteiger partial charge is 1.00 e. The van der Waals surface area contributed by atoms with Crippen LogP contribution in [0.5, 0.6) is 0 Å². The third-order valence-corrected chi connectivity index (χ3v) is 5.28. The molecule has 0 aliphatic rings. The second-order valence-electron chi connectivity index (χ2n) is 8.44. The molecule has 0 saturated heterocycles. The monoisotopic (exact) mass is 486 g/mol. The Morgan fingerprint density at radius 2 is 0.625 bits per heavy atom. The first kappa shape index (κ1) is 36.2. The molecule has 0 bridgehead atoms. The zero-order valence-electron chi connectivity index (χ0n) is 22.6. The van der Waals surface area contributed by atoms with Crippen LogP contribution in [0.3, 0.4) is 0 Å². The molecule has 0 heterocycles. The molecule has 0 atom stereocenters. The van der Waals surface area contributed by atoms with E-state index in [-0.39, 0.29) is 53.4 Å². The van der Waals surface area contributed by atoms with Gasteiger partial charge in [-0.05, 0) is 19.3 Å². The molecular formula is C25H50CaO6. The maximum absolute atomic E-state index is 10.3. The van der Waals surface area contributed by atoms with Gasteiger partial charge >= 0.3 is 55.6 Å². The summed E-state index contributed by atoms with van der Waals surface area (Å²) in [4.78, 5) is 30.3. The van der Waals surface area contributed by atoms with Crippen molar-refractivity contribution in [2.45, 2.75) is 142 Å². The fourth-order valence-corrected chi connectivity index (χ4v) is 3.38. The molecule has 0 rings (SSSR count). The van der Waals surface area contributed by atoms with Gasteiger partial charge in [0, 0.05) is 19.3 Å². The number of carboxylic acids is 3. The van der Waals surface area contributed by atoms with Gasteiger partial charge < -0.3 is 18.2 Å². The van der Waals surface area contributed by atoms with Crippen LogP contribution in [0.1, 0.15) is 145 Å². The van der Waals surface area contributed by atoms with Crippen molar-refractivity contribution in [3.05, 3.63) is 0 Å². The van der Waals surface area contributed by atoms with Crippen molar-refractivity contribution in [1.29, 1.82) is 0 Å². The Hall–Kier alpha value is -0.330. The Morgan fingerprint density at radius 3 is 0.844 bits per heavy atom. The molecule has 0 radical (unpaired) electrons. The molecule has 0 aromatic carbocycles. The molecule has 7 heteroatoms. The van der Waals surface area contributed by atoms with E-state index in [4.69, 9.17) is 15.3 Å². The van der Waals surface area contributed by atoms with E-state index in [0.29, 0.717) is 25.7 Å². The van der Waals surface area contributed by atoms with Gasteiger partial charge in [0.2, 0.25) is 0 Å². The molecule has 3 N–H and O–H groups in total. The Bertz CT molecular complexity index is 424. The number of carboxylic acid groups (broad SMARTS) is 3. The number of hydrogen-bond donors (Lipinski definition) is 3. The minimum Gasteiger partial charge on any atom is -1.00 e. The summed E-state index contributed by atoms with van der Waals surface area (Å²) in [6, 6.07) is 0. The molecule has 0 aliphatic heterocycles. The molecule has 0 fully saturated rings. The second kappa shape index (κ2) is 30.7. The van der Waals surface area contributed by atoms with Crippen LogP contribution in [0, 0.1) is 0 Å².